The summed E-state index contributed by atoms with van der Waals surface area (Å²) < 4.78 is 3.38. The van der Waals surface area contributed by atoms with Gasteiger partial charge in [-0.05, 0) is 43.0 Å². The summed E-state index contributed by atoms with van der Waals surface area (Å²) in [5.74, 6) is -1.54. The molecule has 10 nitrogen and oxygen atoms in total. The van der Waals surface area contributed by atoms with Gasteiger partial charge in [-0.3, -0.25) is 19.2 Å². The molecule has 0 bridgehead atoms. The molecule has 0 aromatic carbocycles. The topological polar surface area (TPSA) is 131 Å². The van der Waals surface area contributed by atoms with Crippen molar-refractivity contribution in [2.45, 2.75) is 44.8 Å². The highest BCUT2D eigenvalue weighted by Gasteiger charge is 2.42. The maximum Gasteiger partial charge on any atom is 0.271 e. The number of primary amides is 1. The fraction of sp³-hybridized carbons (Fsp3) is 0.478. The van der Waals surface area contributed by atoms with Crippen LogP contribution in [0.15, 0.2) is 36.7 Å². The maximum atomic E-state index is 13.3. The molecule has 3 rings (SSSR count). The number of likely N-dealkylation sites (tertiary alicyclic amines) is 1. The summed E-state index contributed by atoms with van der Waals surface area (Å²) in [4.78, 5) is 52.5. The number of nitrogens with two attached hydrogens (primary N) is 1. The predicted octanol–water partition coefficient (Wildman–Crippen LogP) is 0.393. The zero-order valence-corrected chi connectivity index (χ0v) is 19.4. The van der Waals surface area contributed by atoms with Crippen LogP contribution in [-0.2, 0) is 23.7 Å². The average Bonchev–Trinajstić information content (AvgIpc) is 3.46. The first-order chi connectivity index (χ1) is 15.6. The first-order valence-corrected chi connectivity index (χ1v) is 11.0. The van der Waals surface area contributed by atoms with Crippen LogP contribution in [0.25, 0.3) is 0 Å². The molecule has 2 aromatic heterocycles. The Hall–Kier alpha value is -3.56. The third-order valence-corrected chi connectivity index (χ3v) is 5.91. The highest BCUT2D eigenvalue weighted by Crippen LogP contribution is 2.22. The average molecular weight is 457 g/mol. The molecule has 4 amide bonds. The van der Waals surface area contributed by atoms with Crippen LogP contribution >= 0.6 is 0 Å². The molecule has 2 aromatic rings. The van der Waals surface area contributed by atoms with Crippen molar-refractivity contribution in [1.82, 2.24) is 24.7 Å². The SMILES string of the molecule is CC(C)CC(NC(=O)C1CC(NC(=O)c2cccn2C)CN1C(=O)c1cccn1C)C(N)=O. The van der Waals surface area contributed by atoms with Crippen LogP contribution < -0.4 is 16.4 Å². The van der Waals surface area contributed by atoms with E-state index in [0.717, 1.165) is 0 Å². The minimum absolute atomic E-state index is 0.143. The van der Waals surface area contributed by atoms with Crippen LogP contribution in [0.5, 0.6) is 0 Å². The van der Waals surface area contributed by atoms with Gasteiger partial charge in [-0.1, -0.05) is 13.8 Å². The monoisotopic (exact) mass is 456 g/mol. The van der Waals surface area contributed by atoms with Crippen LogP contribution in [0.2, 0.25) is 0 Å². The fourth-order valence-electron chi connectivity index (χ4n) is 4.19. The molecule has 10 heteroatoms. The van der Waals surface area contributed by atoms with Crippen LogP contribution in [0.4, 0.5) is 0 Å². The lowest BCUT2D eigenvalue weighted by Crippen LogP contribution is -2.52. The Kier molecular flexibility index (Phi) is 7.25. The van der Waals surface area contributed by atoms with E-state index in [4.69, 9.17) is 5.73 Å². The van der Waals surface area contributed by atoms with E-state index in [1.807, 2.05) is 13.8 Å². The Balaban J connectivity index is 1.81. The number of hydrogen-bond donors (Lipinski definition) is 3. The van der Waals surface area contributed by atoms with Gasteiger partial charge in [-0.15, -0.1) is 0 Å². The molecule has 0 aliphatic carbocycles. The van der Waals surface area contributed by atoms with Gasteiger partial charge in [-0.25, -0.2) is 0 Å². The van der Waals surface area contributed by atoms with Crippen LogP contribution in [0.1, 0.15) is 47.7 Å². The number of rotatable bonds is 8. The maximum absolute atomic E-state index is 13.3. The molecule has 0 saturated carbocycles. The van der Waals surface area contributed by atoms with Crippen molar-refractivity contribution < 1.29 is 19.2 Å². The Morgan fingerprint density at radius 2 is 1.67 bits per heavy atom. The number of aryl methyl sites for hydroxylation is 2. The highest BCUT2D eigenvalue weighted by atomic mass is 16.2. The summed E-state index contributed by atoms with van der Waals surface area (Å²) in [6, 6.07) is 4.79. The molecular formula is C23H32N6O4. The second-order valence-corrected chi connectivity index (χ2v) is 8.98. The molecule has 3 unspecified atom stereocenters. The van der Waals surface area contributed by atoms with Gasteiger partial charge in [0.2, 0.25) is 11.8 Å². The number of nitrogens with one attached hydrogen (secondary N) is 2. The Morgan fingerprint density at radius 1 is 1.06 bits per heavy atom. The lowest BCUT2D eigenvalue weighted by atomic mass is 10.0. The highest BCUT2D eigenvalue weighted by molar-refractivity contribution is 5.98. The number of aromatic nitrogens is 2. The van der Waals surface area contributed by atoms with Crippen molar-refractivity contribution in [3.05, 3.63) is 48.0 Å². The molecule has 1 aliphatic rings. The summed E-state index contributed by atoms with van der Waals surface area (Å²) in [5, 5.41) is 5.64. The van der Waals surface area contributed by atoms with Gasteiger partial charge in [0.1, 0.15) is 23.5 Å². The molecule has 3 heterocycles. The van der Waals surface area contributed by atoms with Crippen LogP contribution in [0.3, 0.4) is 0 Å². The van der Waals surface area contributed by atoms with Crippen molar-refractivity contribution in [2.75, 3.05) is 6.54 Å². The van der Waals surface area contributed by atoms with E-state index in [9.17, 15) is 19.2 Å². The molecule has 1 fully saturated rings. The Labute approximate surface area is 193 Å². The van der Waals surface area contributed by atoms with Crippen molar-refractivity contribution >= 4 is 23.6 Å². The molecule has 0 radical (unpaired) electrons. The second-order valence-electron chi connectivity index (χ2n) is 8.98. The van der Waals surface area contributed by atoms with Crippen LogP contribution in [0, 0.1) is 5.92 Å². The Bertz CT molecular complexity index is 1040. The van der Waals surface area contributed by atoms with Crippen molar-refractivity contribution in [3.8, 4) is 0 Å². The molecule has 0 spiro atoms. The quantitative estimate of drug-likeness (QED) is 0.530. The molecule has 33 heavy (non-hydrogen) atoms. The number of hydrogen-bond acceptors (Lipinski definition) is 4. The van der Waals surface area contributed by atoms with Crippen molar-refractivity contribution in [2.24, 2.45) is 25.7 Å². The van der Waals surface area contributed by atoms with E-state index in [1.165, 1.54) is 4.90 Å². The largest absolute Gasteiger partial charge is 0.368 e. The minimum atomic E-state index is -0.847. The summed E-state index contributed by atoms with van der Waals surface area (Å²) in [6.45, 7) is 4.03. The normalized spacial score (nSPS) is 18.9. The van der Waals surface area contributed by atoms with Gasteiger partial charge in [-0.2, -0.15) is 0 Å². The lowest BCUT2D eigenvalue weighted by molar-refractivity contribution is -0.130. The molecule has 178 valence electrons. The lowest BCUT2D eigenvalue weighted by Gasteiger charge is -2.26. The van der Waals surface area contributed by atoms with E-state index in [2.05, 4.69) is 10.6 Å². The van der Waals surface area contributed by atoms with E-state index in [-0.39, 0.29) is 30.7 Å². The summed E-state index contributed by atoms with van der Waals surface area (Å²) in [7, 11) is 3.52. The molecule has 3 atom stereocenters. The zero-order chi connectivity index (χ0) is 24.3. The number of nitrogens with zero attached hydrogens (tertiary/aromatic N) is 3. The standard InChI is InChI=1S/C23H32N6O4/c1-14(2)11-16(20(24)30)26-22(32)19-12-15(25-21(31)17-7-5-9-27(17)3)13-29(19)23(33)18-8-6-10-28(18)4/h5-10,14-16,19H,11-13H2,1-4H3,(H2,24,30)(H,25,31)(H,26,32). The van der Waals surface area contributed by atoms with Gasteiger partial charge >= 0.3 is 0 Å². The minimum Gasteiger partial charge on any atom is -0.368 e. The molecular weight excluding hydrogens is 424 g/mol. The third-order valence-electron chi connectivity index (χ3n) is 5.91. The van der Waals surface area contributed by atoms with Crippen LogP contribution in [-0.4, -0.2) is 62.3 Å². The zero-order valence-electron chi connectivity index (χ0n) is 19.4. The van der Waals surface area contributed by atoms with Gasteiger partial charge < -0.3 is 30.4 Å². The smallest absolute Gasteiger partial charge is 0.271 e. The Morgan fingerprint density at radius 3 is 2.18 bits per heavy atom. The molecule has 1 aliphatic heterocycles. The van der Waals surface area contributed by atoms with Crippen molar-refractivity contribution in [1.29, 1.82) is 0 Å². The van der Waals surface area contributed by atoms with E-state index in [0.29, 0.717) is 17.8 Å². The van der Waals surface area contributed by atoms with E-state index < -0.39 is 29.9 Å². The van der Waals surface area contributed by atoms with Gasteiger partial charge in [0, 0.05) is 39.1 Å². The van der Waals surface area contributed by atoms with Crippen molar-refractivity contribution in [3.63, 3.8) is 0 Å². The molecule has 4 N–H and O–H groups in total. The van der Waals surface area contributed by atoms with E-state index in [1.54, 1.807) is 59.9 Å². The number of amides is 4. The summed E-state index contributed by atoms with van der Waals surface area (Å²) in [6.07, 6.45) is 4.14. The van der Waals surface area contributed by atoms with Gasteiger partial charge in [0.25, 0.3) is 11.8 Å². The third kappa shape index (κ3) is 5.44. The fourth-order valence-corrected chi connectivity index (χ4v) is 4.19. The molecule has 1 saturated heterocycles. The first kappa shape index (κ1) is 24.1. The number of carbonyl (C=O) groups excluding carboxylic acids is 4. The van der Waals surface area contributed by atoms with E-state index >= 15 is 0 Å². The predicted molar refractivity (Wildman–Crippen MR) is 122 cm³/mol. The van der Waals surface area contributed by atoms with Gasteiger partial charge in [0.15, 0.2) is 0 Å². The number of carbonyl (C=O) groups is 4. The second kappa shape index (κ2) is 9.93. The summed E-state index contributed by atoms with van der Waals surface area (Å²) in [5.41, 5.74) is 6.40. The summed E-state index contributed by atoms with van der Waals surface area (Å²) >= 11 is 0. The first-order valence-electron chi connectivity index (χ1n) is 11.0. The van der Waals surface area contributed by atoms with Gasteiger partial charge in [0.05, 0.1) is 0 Å².